The number of carbonyl (C=O) groups is 2. The van der Waals surface area contributed by atoms with Gasteiger partial charge in [-0.1, -0.05) is 103 Å². The smallest absolute Gasteiger partial charge is 0.259 e. The van der Waals surface area contributed by atoms with Crippen molar-refractivity contribution in [3.8, 4) is 11.5 Å². The lowest BCUT2D eigenvalue weighted by Crippen LogP contribution is -2.13. The topological polar surface area (TPSA) is 165 Å². The fraction of sp³-hybridized carbons (Fsp3) is 0.0200. The van der Waals surface area contributed by atoms with Crippen molar-refractivity contribution in [2.75, 3.05) is 10.6 Å². The van der Waals surface area contributed by atoms with E-state index in [-0.39, 0.29) is 39.4 Å². The van der Waals surface area contributed by atoms with E-state index < -0.39 is 11.8 Å². The van der Waals surface area contributed by atoms with Crippen LogP contribution in [-0.2, 0) is 0 Å². The van der Waals surface area contributed by atoms with Gasteiger partial charge in [0.25, 0.3) is 11.8 Å². The Morgan fingerprint density at radius 2 is 0.952 bits per heavy atom. The number of phenols is 2. The number of rotatable bonds is 8. The Morgan fingerprint density at radius 1 is 0.500 bits per heavy atom. The number of fused-ring (bicyclic) bond motifs is 2. The SMILES string of the molecule is Cc1ccccc1NC(=O)c1cc2ccccc2c(N=Nc2cc3ccc4cc(N=Nc5c(O)c(C(=O)Nc6ccccc6Cl)cc6ccccc56)cc5c(=O)c(c2)c3c45)c1O. The Kier molecular flexibility index (Phi) is 9.23. The zero-order chi connectivity index (χ0) is 42.6. The number of carbonyl (C=O) groups excluding carboxylic acids is 2. The van der Waals surface area contributed by atoms with Crippen molar-refractivity contribution in [1.29, 1.82) is 0 Å². The van der Waals surface area contributed by atoms with Gasteiger partial charge in [-0.15, -0.1) is 10.2 Å². The summed E-state index contributed by atoms with van der Waals surface area (Å²) in [6.45, 7) is 1.88. The van der Waals surface area contributed by atoms with Crippen molar-refractivity contribution in [2.45, 2.75) is 6.92 Å². The molecule has 0 radical (unpaired) electrons. The Hall–Kier alpha value is -8.28. The summed E-state index contributed by atoms with van der Waals surface area (Å²) in [6.07, 6.45) is 0. The van der Waals surface area contributed by atoms with Gasteiger partial charge in [-0.3, -0.25) is 14.4 Å². The van der Waals surface area contributed by atoms with Crippen molar-refractivity contribution in [3.05, 3.63) is 178 Å². The van der Waals surface area contributed by atoms with Crippen molar-refractivity contribution >= 4 is 111 Å². The van der Waals surface area contributed by atoms with Gasteiger partial charge in [-0.2, -0.15) is 10.2 Å². The second-order valence-electron chi connectivity index (χ2n) is 14.9. The molecule has 0 heterocycles. The van der Waals surface area contributed by atoms with Crippen molar-refractivity contribution in [1.82, 2.24) is 0 Å². The molecular formula is C50H31ClN6O5. The van der Waals surface area contributed by atoms with E-state index in [4.69, 9.17) is 11.6 Å². The summed E-state index contributed by atoms with van der Waals surface area (Å²) >= 11 is 6.28. The Balaban J connectivity index is 1.01. The maximum absolute atomic E-state index is 14.2. The molecule has 0 fully saturated rings. The standard InChI is InChI=1S/C50H31ClN6O5/c1-26-10-2-8-16-40(26)52-49(61)37-22-27-11-3-5-13-33(27)44(47(37)59)56-54-31-20-29-18-19-30-21-32(25-36-43(30)42(29)35(24-31)46(36)58)55-57-45-34-14-6-4-12-28(34)23-38(48(45)60)50(62)53-41-17-9-7-15-39(41)51/h2-25,59-60H,1H3,(H,52,61)(H,53,62). The number of halogens is 1. The van der Waals surface area contributed by atoms with E-state index in [1.807, 2.05) is 67.6 Å². The molecule has 10 aromatic carbocycles. The highest BCUT2D eigenvalue weighted by Crippen LogP contribution is 2.44. The van der Waals surface area contributed by atoms with E-state index in [1.54, 1.807) is 84.9 Å². The number of hydrogen-bond donors (Lipinski definition) is 4. The number of nitrogens with one attached hydrogen (secondary N) is 2. The summed E-state index contributed by atoms with van der Waals surface area (Å²) in [4.78, 5) is 41.1. The first-order chi connectivity index (χ1) is 30.1. The van der Waals surface area contributed by atoms with E-state index in [9.17, 15) is 24.6 Å². The highest BCUT2D eigenvalue weighted by atomic mass is 35.5. The number of azo groups is 2. The number of anilines is 2. The second kappa shape index (κ2) is 15.1. The van der Waals surface area contributed by atoms with E-state index in [1.165, 1.54) is 0 Å². The lowest BCUT2D eigenvalue weighted by molar-refractivity contribution is 0.101. The summed E-state index contributed by atoms with van der Waals surface area (Å²) in [5.74, 6) is -1.78. The monoisotopic (exact) mass is 830 g/mol. The average molecular weight is 831 g/mol. The molecule has 0 atom stereocenters. The van der Waals surface area contributed by atoms with Gasteiger partial charge >= 0.3 is 0 Å². The van der Waals surface area contributed by atoms with Gasteiger partial charge in [0, 0.05) is 38.0 Å². The van der Waals surface area contributed by atoms with Gasteiger partial charge in [-0.05, 0) is 88.6 Å². The molecule has 62 heavy (non-hydrogen) atoms. The minimum Gasteiger partial charge on any atom is -0.505 e. The van der Waals surface area contributed by atoms with Crippen molar-refractivity contribution in [3.63, 3.8) is 0 Å². The first-order valence-electron chi connectivity index (χ1n) is 19.5. The zero-order valence-electron chi connectivity index (χ0n) is 32.6. The predicted molar refractivity (Wildman–Crippen MR) is 246 cm³/mol. The lowest BCUT2D eigenvalue weighted by Gasteiger charge is -2.12. The summed E-state index contributed by atoms with van der Waals surface area (Å²) in [5.41, 5.74) is 2.57. The average Bonchev–Trinajstić information content (AvgIpc) is 3.57. The van der Waals surface area contributed by atoms with Crippen molar-refractivity contribution < 1.29 is 19.8 Å². The van der Waals surface area contributed by atoms with Gasteiger partial charge in [0.05, 0.1) is 33.2 Å². The molecule has 0 spiro atoms. The summed E-state index contributed by atoms with van der Waals surface area (Å²) in [6, 6.07) is 42.5. The van der Waals surface area contributed by atoms with E-state index in [2.05, 4.69) is 31.1 Å². The molecule has 10 aromatic rings. The highest BCUT2D eigenvalue weighted by Gasteiger charge is 2.22. The maximum Gasteiger partial charge on any atom is 0.259 e. The molecule has 0 unspecified atom stereocenters. The molecule has 0 aliphatic heterocycles. The van der Waals surface area contributed by atoms with Gasteiger partial charge < -0.3 is 20.8 Å². The van der Waals surface area contributed by atoms with Gasteiger partial charge in [-0.25, -0.2) is 0 Å². The number of phenolic OH excluding ortho intramolecular Hbond substituents is 2. The summed E-state index contributed by atoms with van der Waals surface area (Å²) in [7, 11) is 0. The van der Waals surface area contributed by atoms with Crippen LogP contribution in [-0.4, -0.2) is 22.0 Å². The first-order valence-corrected chi connectivity index (χ1v) is 19.9. The van der Waals surface area contributed by atoms with Crippen LogP contribution in [0.15, 0.2) is 171 Å². The fourth-order valence-corrected chi connectivity index (χ4v) is 8.15. The van der Waals surface area contributed by atoms with Crippen LogP contribution in [0.5, 0.6) is 11.5 Å². The van der Waals surface area contributed by atoms with E-state index in [0.717, 1.165) is 27.1 Å². The van der Waals surface area contributed by atoms with Crippen LogP contribution in [0.25, 0.3) is 53.9 Å². The molecule has 298 valence electrons. The minimum absolute atomic E-state index is 0.0182. The molecule has 0 bridgehead atoms. The maximum atomic E-state index is 14.2. The summed E-state index contributed by atoms with van der Waals surface area (Å²) in [5, 5.41) is 53.2. The largest absolute Gasteiger partial charge is 0.505 e. The van der Waals surface area contributed by atoms with Crippen LogP contribution >= 0.6 is 11.6 Å². The molecule has 0 aliphatic carbocycles. The number of benzene rings is 9. The molecule has 11 nitrogen and oxygen atoms in total. The molecule has 0 aromatic heterocycles. The minimum atomic E-state index is -0.581. The van der Waals surface area contributed by atoms with Crippen molar-refractivity contribution in [2.24, 2.45) is 20.5 Å². The number of hydrogen-bond acceptors (Lipinski definition) is 9. The normalized spacial score (nSPS) is 11.9. The molecule has 2 amide bonds. The third-order valence-electron chi connectivity index (χ3n) is 11.0. The third-order valence-corrected chi connectivity index (χ3v) is 11.3. The molecule has 10 rings (SSSR count). The zero-order valence-corrected chi connectivity index (χ0v) is 33.4. The number of nitrogens with zero attached hydrogens (tertiary/aromatic N) is 4. The van der Waals surface area contributed by atoms with Crippen LogP contribution in [0.3, 0.4) is 0 Å². The fourth-order valence-electron chi connectivity index (χ4n) is 7.97. The molecule has 4 N–H and O–H groups in total. The highest BCUT2D eigenvalue weighted by molar-refractivity contribution is 6.34. The Labute approximate surface area is 357 Å². The number of aryl methyl sites for hydroxylation is 1. The van der Waals surface area contributed by atoms with Crippen LogP contribution < -0.4 is 16.1 Å². The number of aromatic hydroxyl groups is 2. The van der Waals surface area contributed by atoms with Crippen LogP contribution in [0.4, 0.5) is 34.1 Å². The molecule has 0 saturated heterocycles. The number of amides is 2. The molecular weight excluding hydrogens is 800 g/mol. The predicted octanol–water partition coefficient (Wildman–Crippen LogP) is 13.4. The van der Waals surface area contributed by atoms with Gasteiger partial charge in [0.2, 0.25) is 0 Å². The third kappa shape index (κ3) is 6.53. The molecule has 0 aliphatic rings. The van der Waals surface area contributed by atoms with Crippen LogP contribution in [0.2, 0.25) is 5.02 Å². The van der Waals surface area contributed by atoms with E-state index in [0.29, 0.717) is 60.1 Å². The van der Waals surface area contributed by atoms with Crippen LogP contribution in [0, 0.1) is 6.92 Å². The molecule has 12 heteroatoms. The van der Waals surface area contributed by atoms with E-state index >= 15 is 0 Å². The van der Waals surface area contributed by atoms with Gasteiger partial charge in [0.1, 0.15) is 11.4 Å². The van der Waals surface area contributed by atoms with Crippen LogP contribution in [0.1, 0.15) is 26.3 Å². The lowest BCUT2D eigenvalue weighted by atomic mass is 10.0. The summed E-state index contributed by atoms with van der Waals surface area (Å²) < 4.78 is 0. The van der Waals surface area contributed by atoms with Gasteiger partial charge in [0.15, 0.2) is 16.9 Å². The number of para-hydroxylation sites is 2. The molecule has 0 saturated carbocycles. The second-order valence-corrected chi connectivity index (χ2v) is 15.3. The Bertz CT molecular complexity index is 3380. The quantitative estimate of drug-likeness (QED) is 0.0882. The first kappa shape index (κ1) is 38.0. The Morgan fingerprint density at radius 3 is 1.47 bits per heavy atom.